The predicted octanol–water partition coefficient (Wildman–Crippen LogP) is 2.99. The summed E-state index contributed by atoms with van der Waals surface area (Å²) in [5, 5.41) is 2.65. The zero-order valence-corrected chi connectivity index (χ0v) is 10.1. The van der Waals surface area contributed by atoms with Gasteiger partial charge in [-0.3, -0.25) is 4.79 Å². The zero-order chi connectivity index (χ0) is 12.4. The van der Waals surface area contributed by atoms with Gasteiger partial charge in [-0.25, -0.2) is 4.39 Å². The minimum atomic E-state index is -0.504. The maximum absolute atomic E-state index is 12.9. The van der Waals surface area contributed by atoms with Crippen molar-refractivity contribution in [3.05, 3.63) is 29.0 Å². The first-order chi connectivity index (χ1) is 8.06. The highest BCUT2D eigenvalue weighted by molar-refractivity contribution is 6.31. The monoisotopic (exact) mass is 257 g/mol. The Morgan fingerprint density at radius 2 is 2.29 bits per heavy atom. The van der Waals surface area contributed by atoms with Crippen molar-refractivity contribution in [2.45, 2.75) is 32.0 Å². The molecule has 1 aliphatic heterocycles. The van der Waals surface area contributed by atoms with E-state index in [0.717, 1.165) is 6.42 Å². The number of hydrogen-bond donors (Lipinski definition) is 1. The fourth-order valence-electron chi connectivity index (χ4n) is 1.79. The summed E-state index contributed by atoms with van der Waals surface area (Å²) in [6.45, 7) is 1.93. The first-order valence-corrected chi connectivity index (χ1v) is 5.85. The second-order valence-electron chi connectivity index (χ2n) is 4.13. The van der Waals surface area contributed by atoms with Crippen LogP contribution in [0, 0.1) is 5.82 Å². The van der Waals surface area contributed by atoms with E-state index in [9.17, 15) is 9.18 Å². The minimum Gasteiger partial charge on any atom is -0.365 e. The number of carbonyl (C=O) groups is 1. The van der Waals surface area contributed by atoms with E-state index in [0.29, 0.717) is 12.1 Å². The minimum absolute atomic E-state index is 0.0106. The number of benzene rings is 1. The van der Waals surface area contributed by atoms with Gasteiger partial charge in [0, 0.05) is 5.69 Å². The number of halogens is 2. The van der Waals surface area contributed by atoms with E-state index >= 15 is 0 Å². The fourth-order valence-corrected chi connectivity index (χ4v) is 1.97. The van der Waals surface area contributed by atoms with Crippen LogP contribution >= 0.6 is 11.6 Å². The van der Waals surface area contributed by atoms with Crippen molar-refractivity contribution in [2.24, 2.45) is 0 Å². The topological polar surface area (TPSA) is 38.3 Å². The summed E-state index contributed by atoms with van der Waals surface area (Å²) in [5.41, 5.74) is 0.476. The van der Waals surface area contributed by atoms with Gasteiger partial charge in [-0.15, -0.1) is 0 Å². The molecule has 92 valence electrons. The van der Waals surface area contributed by atoms with E-state index in [2.05, 4.69) is 5.32 Å². The van der Waals surface area contributed by atoms with Gasteiger partial charge in [-0.05, 0) is 38.0 Å². The average molecular weight is 258 g/mol. The maximum Gasteiger partial charge on any atom is 0.253 e. The van der Waals surface area contributed by atoms with Crippen LogP contribution in [0.2, 0.25) is 5.02 Å². The molecule has 1 aliphatic rings. The number of amides is 1. The molecular formula is C12H13ClFNO2. The fraction of sp³-hybridized carbons (Fsp3) is 0.417. The predicted molar refractivity (Wildman–Crippen MR) is 63.6 cm³/mol. The second kappa shape index (κ2) is 5.02. The Kier molecular flexibility index (Phi) is 3.64. The SMILES string of the molecule is CC1CCC(C(=O)Nc2ccc(F)c(Cl)c2)O1. The van der Waals surface area contributed by atoms with Crippen molar-refractivity contribution in [1.82, 2.24) is 0 Å². The second-order valence-corrected chi connectivity index (χ2v) is 4.54. The summed E-state index contributed by atoms with van der Waals surface area (Å²) in [6, 6.07) is 4.07. The third kappa shape index (κ3) is 2.96. The van der Waals surface area contributed by atoms with E-state index in [1.54, 1.807) is 0 Å². The van der Waals surface area contributed by atoms with Crippen molar-refractivity contribution < 1.29 is 13.9 Å². The van der Waals surface area contributed by atoms with Crippen LogP contribution in [-0.4, -0.2) is 18.1 Å². The molecule has 1 heterocycles. The number of nitrogens with one attached hydrogen (secondary N) is 1. The van der Waals surface area contributed by atoms with Gasteiger partial charge in [0.2, 0.25) is 0 Å². The Labute approximate surface area is 104 Å². The lowest BCUT2D eigenvalue weighted by atomic mass is 10.2. The summed E-state index contributed by atoms with van der Waals surface area (Å²) in [5.74, 6) is -0.715. The molecule has 0 radical (unpaired) electrons. The highest BCUT2D eigenvalue weighted by atomic mass is 35.5. The van der Waals surface area contributed by atoms with Gasteiger partial charge in [0.25, 0.3) is 5.91 Å². The summed E-state index contributed by atoms with van der Waals surface area (Å²) >= 11 is 5.62. The number of anilines is 1. The molecule has 0 spiro atoms. The molecule has 1 aromatic rings. The smallest absolute Gasteiger partial charge is 0.253 e. The molecule has 2 rings (SSSR count). The Bertz CT molecular complexity index is 439. The standard InChI is InChI=1S/C12H13ClFNO2/c1-7-2-5-11(17-7)12(16)15-8-3-4-10(14)9(13)6-8/h3-4,6-7,11H,2,5H2,1H3,(H,15,16). The van der Waals surface area contributed by atoms with Gasteiger partial charge in [-0.1, -0.05) is 11.6 Å². The molecule has 17 heavy (non-hydrogen) atoms. The highest BCUT2D eigenvalue weighted by Crippen LogP contribution is 2.22. The zero-order valence-electron chi connectivity index (χ0n) is 9.37. The van der Waals surface area contributed by atoms with E-state index < -0.39 is 11.9 Å². The molecule has 5 heteroatoms. The van der Waals surface area contributed by atoms with Crippen molar-refractivity contribution in [2.75, 3.05) is 5.32 Å². The van der Waals surface area contributed by atoms with Crippen LogP contribution in [0.5, 0.6) is 0 Å². The van der Waals surface area contributed by atoms with Crippen molar-refractivity contribution in [1.29, 1.82) is 0 Å². The molecule has 0 saturated carbocycles. The largest absolute Gasteiger partial charge is 0.365 e. The molecule has 3 nitrogen and oxygen atoms in total. The Morgan fingerprint density at radius 3 is 2.88 bits per heavy atom. The van der Waals surface area contributed by atoms with E-state index in [-0.39, 0.29) is 17.0 Å². The molecule has 2 unspecified atom stereocenters. The lowest BCUT2D eigenvalue weighted by molar-refractivity contribution is -0.126. The molecule has 1 saturated heterocycles. The Balaban J connectivity index is 2.00. The summed E-state index contributed by atoms with van der Waals surface area (Å²) < 4.78 is 18.3. The molecule has 1 amide bonds. The van der Waals surface area contributed by atoms with E-state index in [1.807, 2.05) is 6.92 Å². The van der Waals surface area contributed by atoms with E-state index in [1.165, 1.54) is 18.2 Å². The van der Waals surface area contributed by atoms with Crippen molar-refractivity contribution >= 4 is 23.2 Å². The number of carbonyl (C=O) groups excluding carboxylic acids is 1. The molecule has 0 bridgehead atoms. The maximum atomic E-state index is 12.9. The van der Waals surface area contributed by atoms with Crippen LogP contribution in [0.3, 0.4) is 0 Å². The van der Waals surface area contributed by atoms with Crippen LogP contribution in [0.25, 0.3) is 0 Å². The normalized spacial score (nSPS) is 23.7. The van der Waals surface area contributed by atoms with Gasteiger partial charge in [0.15, 0.2) is 0 Å². The van der Waals surface area contributed by atoms with Crippen LogP contribution in [0.4, 0.5) is 10.1 Å². The van der Waals surface area contributed by atoms with Crippen LogP contribution in [0.15, 0.2) is 18.2 Å². The van der Waals surface area contributed by atoms with Crippen LogP contribution < -0.4 is 5.32 Å². The molecule has 1 aromatic carbocycles. The van der Waals surface area contributed by atoms with Gasteiger partial charge < -0.3 is 10.1 Å². The highest BCUT2D eigenvalue weighted by Gasteiger charge is 2.28. The Hall–Kier alpha value is -1.13. The van der Waals surface area contributed by atoms with Gasteiger partial charge >= 0.3 is 0 Å². The molecule has 0 aliphatic carbocycles. The summed E-state index contributed by atoms with van der Waals surface area (Å²) in [6.07, 6.45) is 1.28. The lowest BCUT2D eigenvalue weighted by Gasteiger charge is -2.11. The third-order valence-electron chi connectivity index (χ3n) is 2.71. The summed E-state index contributed by atoms with van der Waals surface area (Å²) in [4.78, 5) is 11.8. The van der Waals surface area contributed by atoms with Crippen molar-refractivity contribution in [3.8, 4) is 0 Å². The van der Waals surface area contributed by atoms with Crippen LogP contribution in [-0.2, 0) is 9.53 Å². The van der Waals surface area contributed by atoms with Gasteiger partial charge in [0.05, 0.1) is 11.1 Å². The van der Waals surface area contributed by atoms with Gasteiger partial charge in [-0.2, -0.15) is 0 Å². The quantitative estimate of drug-likeness (QED) is 0.885. The first kappa shape index (κ1) is 12.3. The molecule has 0 aromatic heterocycles. The summed E-state index contributed by atoms with van der Waals surface area (Å²) in [7, 11) is 0. The third-order valence-corrected chi connectivity index (χ3v) is 3.00. The molecule has 2 atom stereocenters. The number of rotatable bonds is 2. The molecular weight excluding hydrogens is 245 g/mol. The van der Waals surface area contributed by atoms with Gasteiger partial charge in [0.1, 0.15) is 11.9 Å². The number of ether oxygens (including phenoxy) is 1. The average Bonchev–Trinajstić information content (AvgIpc) is 2.70. The van der Waals surface area contributed by atoms with Crippen molar-refractivity contribution in [3.63, 3.8) is 0 Å². The van der Waals surface area contributed by atoms with E-state index in [4.69, 9.17) is 16.3 Å². The first-order valence-electron chi connectivity index (χ1n) is 5.47. The lowest BCUT2D eigenvalue weighted by Crippen LogP contribution is -2.27. The van der Waals surface area contributed by atoms with Crippen LogP contribution in [0.1, 0.15) is 19.8 Å². The molecule has 1 N–H and O–H groups in total. The molecule has 1 fully saturated rings. The Morgan fingerprint density at radius 1 is 1.53 bits per heavy atom. The number of hydrogen-bond acceptors (Lipinski definition) is 2.